The average Bonchev–Trinajstić information content (AvgIpc) is 2.82. The van der Waals surface area contributed by atoms with Gasteiger partial charge < -0.3 is 30.7 Å². The molecule has 36 heavy (non-hydrogen) atoms. The number of nitrogens with zero attached hydrogens (tertiary/aromatic N) is 1. The minimum atomic E-state index is -1.57. The minimum Gasteiger partial charge on any atom is -0.453 e. The van der Waals surface area contributed by atoms with Crippen LogP contribution in [0.5, 0.6) is 0 Å². The summed E-state index contributed by atoms with van der Waals surface area (Å²) in [7, 11) is 3.13. The molecule has 0 radical (unpaired) electrons. The quantitative estimate of drug-likeness (QED) is 0.340. The van der Waals surface area contributed by atoms with E-state index in [0.29, 0.717) is 32.4 Å². The van der Waals surface area contributed by atoms with Crippen molar-refractivity contribution in [1.82, 2.24) is 20.9 Å². The van der Waals surface area contributed by atoms with Gasteiger partial charge in [0.2, 0.25) is 0 Å². The zero-order chi connectivity index (χ0) is 26.9. The zero-order valence-electron chi connectivity index (χ0n) is 22.1. The van der Waals surface area contributed by atoms with Crippen molar-refractivity contribution in [2.75, 3.05) is 40.3 Å². The Kier molecular flexibility index (Phi) is 11.3. The topological polar surface area (TPSA) is 103 Å². The highest BCUT2D eigenvalue weighted by Crippen LogP contribution is 2.41. The number of carbonyl (C=O) groups is 2. The van der Waals surface area contributed by atoms with Crippen molar-refractivity contribution in [3.63, 3.8) is 0 Å². The first-order valence-corrected chi connectivity index (χ1v) is 13.0. The lowest BCUT2D eigenvalue weighted by molar-refractivity contribution is -0.0576. The lowest BCUT2D eigenvalue weighted by atomic mass is 9.74. The number of methoxy groups -OCH3 is 1. The SMILES string of the molecule is CNCC(CC(C)(C)C)NC(=O)N1CCCC(C(O)(CCCNC(=O)OC)c2cccc(Cl)c2F)C1. The molecule has 0 saturated carbocycles. The van der Waals surface area contributed by atoms with Gasteiger partial charge in [0.15, 0.2) is 0 Å². The molecule has 1 aliphatic rings. The fourth-order valence-electron chi connectivity index (χ4n) is 4.99. The number of piperidine rings is 1. The van der Waals surface area contributed by atoms with E-state index in [0.717, 1.165) is 6.42 Å². The molecule has 1 aromatic rings. The van der Waals surface area contributed by atoms with Crippen LogP contribution in [0, 0.1) is 17.2 Å². The number of aliphatic hydroxyl groups is 1. The monoisotopic (exact) mass is 528 g/mol. The first-order chi connectivity index (χ1) is 16.9. The van der Waals surface area contributed by atoms with Gasteiger partial charge in [0, 0.05) is 43.7 Å². The Morgan fingerprint density at radius 3 is 2.69 bits per heavy atom. The summed E-state index contributed by atoms with van der Waals surface area (Å²) in [5.41, 5.74) is -1.41. The van der Waals surface area contributed by atoms with Crippen LogP contribution < -0.4 is 16.0 Å². The number of hydrogen-bond acceptors (Lipinski definition) is 5. The summed E-state index contributed by atoms with van der Waals surface area (Å²) in [5.74, 6) is -1.07. The predicted octanol–water partition coefficient (Wildman–Crippen LogP) is 4.25. The smallest absolute Gasteiger partial charge is 0.406 e. The molecule has 1 heterocycles. The van der Waals surface area contributed by atoms with E-state index >= 15 is 4.39 Å². The highest BCUT2D eigenvalue weighted by Gasteiger charge is 2.43. The van der Waals surface area contributed by atoms with Crippen LogP contribution in [0.3, 0.4) is 0 Å². The van der Waals surface area contributed by atoms with Crippen LogP contribution >= 0.6 is 11.6 Å². The van der Waals surface area contributed by atoms with Crippen LogP contribution in [0.2, 0.25) is 5.02 Å². The normalized spacial score (nSPS) is 18.8. The zero-order valence-corrected chi connectivity index (χ0v) is 22.9. The summed E-state index contributed by atoms with van der Waals surface area (Å²) in [5, 5.41) is 20.7. The second-order valence-corrected chi connectivity index (χ2v) is 11.2. The maximum absolute atomic E-state index is 15.1. The highest BCUT2D eigenvalue weighted by molar-refractivity contribution is 6.30. The summed E-state index contributed by atoms with van der Waals surface area (Å²) in [4.78, 5) is 26.3. The van der Waals surface area contributed by atoms with Crippen LogP contribution in [0.4, 0.5) is 14.0 Å². The summed E-state index contributed by atoms with van der Waals surface area (Å²) in [6.07, 6.45) is 2.11. The highest BCUT2D eigenvalue weighted by atomic mass is 35.5. The third kappa shape index (κ3) is 8.49. The van der Waals surface area contributed by atoms with Crippen molar-refractivity contribution in [1.29, 1.82) is 0 Å². The van der Waals surface area contributed by atoms with E-state index in [2.05, 4.69) is 41.5 Å². The number of ether oxygens (including phenoxy) is 1. The van der Waals surface area contributed by atoms with E-state index < -0.39 is 23.4 Å². The van der Waals surface area contributed by atoms with Crippen molar-refractivity contribution < 1.29 is 23.8 Å². The molecule has 0 aliphatic carbocycles. The predicted molar refractivity (Wildman–Crippen MR) is 140 cm³/mol. The van der Waals surface area contributed by atoms with Crippen molar-refractivity contribution in [2.24, 2.45) is 11.3 Å². The first-order valence-electron chi connectivity index (χ1n) is 12.6. The van der Waals surface area contributed by atoms with Crippen LogP contribution in [0.1, 0.15) is 58.4 Å². The number of rotatable bonds is 10. The van der Waals surface area contributed by atoms with Crippen LogP contribution in [0.15, 0.2) is 18.2 Å². The largest absolute Gasteiger partial charge is 0.453 e. The molecule has 0 aromatic heterocycles. The fourth-order valence-corrected chi connectivity index (χ4v) is 5.17. The maximum Gasteiger partial charge on any atom is 0.406 e. The van der Waals surface area contributed by atoms with Gasteiger partial charge >= 0.3 is 12.1 Å². The molecule has 204 valence electrons. The minimum absolute atomic E-state index is 0.0435. The summed E-state index contributed by atoms with van der Waals surface area (Å²) < 4.78 is 19.7. The molecule has 10 heteroatoms. The van der Waals surface area contributed by atoms with E-state index in [9.17, 15) is 14.7 Å². The van der Waals surface area contributed by atoms with Gasteiger partial charge in [-0.1, -0.05) is 44.5 Å². The van der Waals surface area contributed by atoms with Crippen molar-refractivity contribution in [2.45, 2.75) is 64.5 Å². The third-order valence-corrected chi connectivity index (χ3v) is 6.92. The van der Waals surface area contributed by atoms with E-state index in [1.165, 1.54) is 13.2 Å². The average molecular weight is 529 g/mol. The van der Waals surface area contributed by atoms with E-state index in [4.69, 9.17) is 11.6 Å². The second kappa shape index (κ2) is 13.4. The van der Waals surface area contributed by atoms with Gasteiger partial charge in [0.05, 0.1) is 17.7 Å². The van der Waals surface area contributed by atoms with Crippen LogP contribution in [-0.2, 0) is 10.3 Å². The number of benzene rings is 1. The van der Waals surface area contributed by atoms with Gasteiger partial charge in [0.25, 0.3) is 0 Å². The number of carbonyl (C=O) groups excluding carboxylic acids is 2. The molecule has 3 atom stereocenters. The van der Waals surface area contributed by atoms with Gasteiger partial charge in [-0.25, -0.2) is 14.0 Å². The van der Waals surface area contributed by atoms with Crippen LogP contribution in [-0.4, -0.2) is 68.5 Å². The summed E-state index contributed by atoms with van der Waals surface area (Å²) in [6.45, 7) is 8.13. The molecule has 8 nitrogen and oxygen atoms in total. The fraction of sp³-hybridized carbons (Fsp3) is 0.692. The first kappa shape index (κ1) is 30.1. The van der Waals surface area contributed by atoms with Gasteiger partial charge in [-0.3, -0.25) is 0 Å². The Balaban J connectivity index is 2.22. The maximum atomic E-state index is 15.1. The van der Waals surface area contributed by atoms with Gasteiger partial charge in [-0.2, -0.15) is 0 Å². The van der Waals surface area contributed by atoms with Crippen molar-refractivity contribution >= 4 is 23.7 Å². The van der Waals surface area contributed by atoms with Gasteiger partial charge in [0.1, 0.15) is 5.82 Å². The molecule has 0 bridgehead atoms. The molecule has 3 unspecified atom stereocenters. The number of alkyl carbamates (subject to hydrolysis) is 1. The number of likely N-dealkylation sites (tertiary alicyclic amines) is 1. The molecule has 1 fully saturated rings. The lowest BCUT2D eigenvalue weighted by Gasteiger charge is -2.43. The van der Waals surface area contributed by atoms with E-state index in [-0.39, 0.29) is 47.6 Å². The molecular formula is C26H42ClFN4O4. The van der Waals surface area contributed by atoms with Gasteiger partial charge in [-0.15, -0.1) is 0 Å². The Labute approximate surface area is 219 Å². The van der Waals surface area contributed by atoms with E-state index in [1.807, 2.05) is 7.05 Å². The van der Waals surface area contributed by atoms with E-state index in [1.54, 1.807) is 17.0 Å². The molecule has 4 N–H and O–H groups in total. The molecule has 1 saturated heterocycles. The Hall–Kier alpha value is -2.10. The number of hydrogen-bond donors (Lipinski definition) is 4. The second-order valence-electron chi connectivity index (χ2n) is 10.8. The lowest BCUT2D eigenvalue weighted by Crippen LogP contribution is -2.54. The Bertz CT molecular complexity index is 882. The molecule has 2 rings (SSSR count). The molecule has 3 amide bonds. The summed E-state index contributed by atoms with van der Waals surface area (Å²) in [6, 6.07) is 4.36. The number of urea groups is 1. The number of amides is 3. The summed E-state index contributed by atoms with van der Waals surface area (Å²) >= 11 is 6.06. The number of likely N-dealkylation sites (N-methyl/N-ethyl adjacent to an activating group) is 1. The Morgan fingerprint density at radius 2 is 2.06 bits per heavy atom. The molecular weight excluding hydrogens is 487 g/mol. The van der Waals surface area contributed by atoms with Crippen molar-refractivity contribution in [3.05, 3.63) is 34.6 Å². The number of nitrogens with one attached hydrogen (secondary N) is 3. The molecule has 1 aromatic carbocycles. The molecule has 0 spiro atoms. The van der Waals surface area contributed by atoms with Crippen molar-refractivity contribution in [3.8, 4) is 0 Å². The van der Waals surface area contributed by atoms with Gasteiger partial charge in [-0.05, 0) is 50.6 Å². The Morgan fingerprint density at radius 1 is 1.33 bits per heavy atom. The van der Waals surface area contributed by atoms with Crippen LogP contribution in [0.25, 0.3) is 0 Å². The molecule has 1 aliphatic heterocycles. The third-order valence-electron chi connectivity index (χ3n) is 6.63. The number of halogens is 2. The standard InChI is InChI=1S/C26H42ClFN4O4/c1-25(2,3)15-19(16-29-4)31-23(33)32-14-7-9-18(17-32)26(35,12-8-13-30-24(34)36-5)20-10-6-11-21(27)22(20)28/h6,10-11,18-19,29,35H,7-9,12-17H2,1-5H3,(H,30,34)(H,31,33).